The molecule has 24 N–H and O–H groups in total. The lowest BCUT2D eigenvalue weighted by atomic mass is 9.94. The Kier molecular flexibility index (Phi) is 38.6. The van der Waals surface area contributed by atoms with Crippen LogP contribution in [0.4, 0.5) is 0 Å². The smallest absolute Gasteiger partial charge is 0.335 e. The molecular formula is C60H100N12O37S2. The maximum Gasteiger partial charge on any atom is 0.335 e. The van der Waals surface area contributed by atoms with Crippen LogP contribution in [0.5, 0.6) is 0 Å². The molecule has 49 nitrogen and oxygen atoms in total. The SMILES string of the molecule is CCC(O)NNC(=O)CC(=O)NNC(=O)C1OC(OO[C@H]2C[C@H](NC(C)=O)[C@H](O[C@H]3C(C(=O)NNC(=O)CC(=O)NNC(=O)CCSCC(N)CCS)OC(C)C(O)C3O)O[C@H]2CO)C(O)[C@@H](O)[C@H]1O[C@@H]1OC(CO)[C@@H](OOC2OC(C(=O)O)[C@H](OC3O[C@@H](CO)[C@@H](OOC)CC3NC(C)=O)[C@H](O)C2O)C[C@@H]1NC(C)=O. The lowest BCUT2D eigenvalue weighted by molar-refractivity contribution is -0.460. The summed E-state index contributed by atoms with van der Waals surface area (Å²) in [4.78, 5) is 173. The Morgan fingerprint density at radius 2 is 0.883 bits per heavy atom. The Labute approximate surface area is 641 Å². The molecule has 6 rings (SSSR count). The number of aliphatic hydroxyl groups excluding tert-OH is 10. The highest BCUT2D eigenvalue weighted by molar-refractivity contribution is 7.99. The first-order valence-corrected chi connectivity index (χ1v) is 36.5. The fourth-order valence-corrected chi connectivity index (χ4v) is 13.0. The number of thiol groups is 1. The highest BCUT2D eigenvalue weighted by Crippen LogP contribution is 2.36. The summed E-state index contributed by atoms with van der Waals surface area (Å²) >= 11 is 5.54. The monoisotopic (exact) mass is 1640 g/mol. The first-order chi connectivity index (χ1) is 52.6. The van der Waals surface area contributed by atoms with Crippen molar-refractivity contribution in [3.05, 3.63) is 0 Å². The van der Waals surface area contributed by atoms with Crippen molar-refractivity contribution in [3.63, 3.8) is 0 Å². The molecule has 6 aliphatic heterocycles. The van der Waals surface area contributed by atoms with Gasteiger partial charge in [-0.15, -0.1) is 0 Å². The molecule has 6 heterocycles. The second kappa shape index (κ2) is 45.8. The van der Waals surface area contributed by atoms with Crippen molar-refractivity contribution in [3.8, 4) is 0 Å². The van der Waals surface area contributed by atoms with Gasteiger partial charge in [-0.1, -0.05) is 6.92 Å². The number of carboxylic acid groups (broad SMARTS) is 1. The zero-order valence-electron chi connectivity index (χ0n) is 60.6. The predicted molar refractivity (Wildman–Crippen MR) is 362 cm³/mol. The normalized spacial score (nSPS) is 34.8. The third kappa shape index (κ3) is 27.8. The van der Waals surface area contributed by atoms with E-state index < -0.39 is 282 Å². The number of amides is 10. The second-order valence-electron chi connectivity index (χ2n) is 26.0. The van der Waals surface area contributed by atoms with Crippen LogP contribution in [-0.2, 0) is 125 Å². The largest absolute Gasteiger partial charge is 0.479 e. The summed E-state index contributed by atoms with van der Waals surface area (Å²) in [5.74, 6) is -10.1. The summed E-state index contributed by atoms with van der Waals surface area (Å²) in [6, 6.07) is -4.24. The molecular weight excluding hydrogens is 1540 g/mol. The van der Waals surface area contributed by atoms with Crippen LogP contribution >= 0.6 is 24.4 Å². The number of aliphatic hydroxyl groups is 10. The van der Waals surface area contributed by atoms with E-state index in [0.29, 0.717) is 23.7 Å². The molecule has 0 aromatic rings. The van der Waals surface area contributed by atoms with Crippen molar-refractivity contribution >= 4 is 89.4 Å². The number of nitrogens with one attached hydrogen (secondary N) is 11. The van der Waals surface area contributed by atoms with Crippen molar-refractivity contribution in [1.82, 2.24) is 59.4 Å². The van der Waals surface area contributed by atoms with Crippen molar-refractivity contribution < 1.29 is 181 Å². The minimum Gasteiger partial charge on any atom is -0.479 e. The number of carboxylic acids is 1. The van der Waals surface area contributed by atoms with E-state index in [-0.39, 0.29) is 25.3 Å². The van der Waals surface area contributed by atoms with Gasteiger partial charge >= 0.3 is 5.97 Å². The number of ether oxygens (including phenoxy) is 9. The van der Waals surface area contributed by atoms with Crippen LogP contribution in [0.15, 0.2) is 0 Å². The first-order valence-electron chi connectivity index (χ1n) is 34.8. The average molecular weight is 1650 g/mol. The van der Waals surface area contributed by atoms with E-state index in [0.717, 1.165) is 20.8 Å². The van der Waals surface area contributed by atoms with Crippen LogP contribution < -0.4 is 65.1 Å². The van der Waals surface area contributed by atoms with Crippen LogP contribution in [0.2, 0.25) is 0 Å². The molecule has 29 atom stereocenters. The molecule has 6 fully saturated rings. The maximum atomic E-state index is 14.3. The number of aliphatic carboxylic acids is 1. The van der Waals surface area contributed by atoms with Crippen molar-refractivity contribution in [2.45, 2.75) is 264 Å². The lowest BCUT2D eigenvalue weighted by Gasteiger charge is -2.47. The fourth-order valence-electron chi connectivity index (χ4n) is 11.7. The molecule has 51 heteroatoms. The Balaban J connectivity index is 1.15. The van der Waals surface area contributed by atoms with Gasteiger partial charge in [0.25, 0.3) is 11.8 Å². The Morgan fingerprint density at radius 1 is 0.505 bits per heavy atom. The molecule has 0 radical (unpaired) electrons. The number of nitrogens with two attached hydrogens (primary N) is 1. The van der Waals surface area contributed by atoms with Gasteiger partial charge in [-0.2, -0.15) is 24.4 Å². The highest BCUT2D eigenvalue weighted by atomic mass is 32.2. The van der Waals surface area contributed by atoms with Gasteiger partial charge in [0.15, 0.2) is 37.2 Å². The van der Waals surface area contributed by atoms with Crippen LogP contribution in [0, 0.1) is 0 Å². The van der Waals surface area contributed by atoms with E-state index in [1.165, 1.54) is 25.8 Å². The lowest BCUT2D eigenvalue weighted by Crippen LogP contribution is -2.67. The van der Waals surface area contributed by atoms with Crippen molar-refractivity contribution in [2.24, 2.45) is 5.73 Å². The molecule has 0 aliphatic carbocycles. The van der Waals surface area contributed by atoms with E-state index in [4.69, 9.17) is 77.7 Å². The fraction of sp³-hybridized carbons (Fsp3) is 0.817. The third-order valence-electron chi connectivity index (χ3n) is 17.3. The van der Waals surface area contributed by atoms with E-state index >= 15 is 0 Å². The minimum atomic E-state index is -2.42. The second-order valence-corrected chi connectivity index (χ2v) is 27.6. The molecule has 111 heavy (non-hydrogen) atoms. The number of carbonyl (C=O) groups is 11. The molecule has 10 amide bonds. The van der Waals surface area contributed by atoms with Gasteiger partial charge in [0.05, 0.1) is 51.2 Å². The van der Waals surface area contributed by atoms with Crippen molar-refractivity contribution in [1.29, 1.82) is 0 Å². The zero-order valence-corrected chi connectivity index (χ0v) is 62.3. The summed E-state index contributed by atoms with van der Waals surface area (Å²) < 4.78 is 52.7. The first kappa shape index (κ1) is 93.6. The highest BCUT2D eigenvalue weighted by Gasteiger charge is 2.57. The van der Waals surface area contributed by atoms with Crippen molar-refractivity contribution in [2.75, 3.05) is 44.2 Å². The zero-order chi connectivity index (χ0) is 82.1. The van der Waals surface area contributed by atoms with E-state index in [9.17, 15) is 109 Å². The quantitative estimate of drug-likeness (QED) is 0.00686. The summed E-state index contributed by atoms with van der Waals surface area (Å²) in [7, 11) is 1.17. The molecule has 0 bridgehead atoms. The van der Waals surface area contributed by atoms with E-state index in [1.807, 2.05) is 21.7 Å². The average Bonchev–Trinajstić information content (AvgIpc) is 0.788. The summed E-state index contributed by atoms with van der Waals surface area (Å²) in [6.07, 6.45) is -49.4. The van der Waals surface area contributed by atoms with Gasteiger partial charge in [-0.25, -0.2) is 39.5 Å². The van der Waals surface area contributed by atoms with Crippen LogP contribution in [0.1, 0.15) is 86.0 Å². The van der Waals surface area contributed by atoms with Crippen LogP contribution in [-0.4, -0.2) is 343 Å². The Hall–Kier alpha value is -6.21. The molecule has 0 spiro atoms. The topological polar surface area (TPSA) is 707 Å². The predicted octanol–water partition coefficient (Wildman–Crippen LogP) is -12.6. The van der Waals surface area contributed by atoms with Crippen LogP contribution in [0.25, 0.3) is 0 Å². The standard InChI is InChI=1S/C60H100N12O37S2/c1-7-35(79)65-67-37(81)15-39(83)70-72-54(92)51-48(101-57-28(64-24(5)78)14-31(34(19-75)99-57)107-109-60-46(90)44(88)49(52(104-60)55(93)94)102-58-26(62-22(3)76)12-29(105-95-6)32(17-73)97-58)43(87)45(89)59(103-51)108-106-30-13-27(63-23(4)77)56(98-33(30)18-74)100-47-42(86)41(85)21(2)96-50(47)53(91)71-69-40(84)16-38(82)68-66-36(80)9-11-111-20-25(61)8-10-110/h21,25-35,41-52,56-60,65,73-75,79,85-90,110H,7-20,61H2,1-6H3,(H,62,76)(H,63,77)(H,64,78)(H,66,80)(H,67,81)(H,68,82)(H,69,84)(H,70,83)(H,71,91)(H,72,92)(H,93,94)/t21?,25?,26?,27-,28-,29-,30-,31-,32-,33-,34?,35?,41?,42?,43+,44+,45?,46?,47+,48+,49+,50?,51?,52?,56-,57-,58?,59?,60?/m0/s1. The molecule has 634 valence electrons. The summed E-state index contributed by atoms with van der Waals surface area (Å²) in [5.41, 5.74) is 22.3. The van der Waals surface area contributed by atoms with Gasteiger partial charge in [-0.05, 0) is 25.5 Å². The molecule has 0 aromatic carbocycles. The molecule has 6 aliphatic rings. The number of hydrogen-bond acceptors (Lipinski definition) is 40. The molecule has 0 saturated carbocycles. The van der Waals surface area contributed by atoms with Gasteiger partial charge in [0.2, 0.25) is 59.8 Å². The van der Waals surface area contributed by atoms with Gasteiger partial charge < -0.3 is 120 Å². The van der Waals surface area contributed by atoms with Gasteiger partial charge in [0.1, 0.15) is 111 Å². The number of carbonyl (C=O) groups excluding carboxylic acids is 10. The van der Waals surface area contributed by atoms with E-state index in [1.54, 1.807) is 6.92 Å². The number of thioether (sulfide) groups is 1. The number of hydrogen-bond donors (Lipinski definition) is 24. The molecule has 15 unspecified atom stereocenters. The number of rotatable bonds is 37. The van der Waals surface area contributed by atoms with Crippen LogP contribution in [0.3, 0.4) is 0 Å². The van der Waals surface area contributed by atoms with Gasteiger partial charge in [0, 0.05) is 64.0 Å². The summed E-state index contributed by atoms with van der Waals surface area (Å²) in [5, 5.41) is 128. The maximum absolute atomic E-state index is 14.3. The molecule has 0 aromatic heterocycles. The molecule has 6 saturated heterocycles. The third-order valence-corrected chi connectivity index (χ3v) is 18.8. The van der Waals surface area contributed by atoms with Gasteiger partial charge in [-0.3, -0.25) is 85.9 Å². The Bertz CT molecular complexity index is 3070. The van der Waals surface area contributed by atoms with E-state index in [2.05, 4.69) is 50.3 Å². The Morgan fingerprint density at radius 3 is 1.28 bits per heavy atom. The number of hydrazine groups is 4. The minimum absolute atomic E-state index is 0.00715. The summed E-state index contributed by atoms with van der Waals surface area (Å²) in [6.45, 7) is 3.26.